The third-order valence-electron chi connectivity index (χ3n) is 1.92. The Morgan fingerprint density at radius 3 is 3.00 bits per heavy atom. The van der Waals surface area contributed by atoms with E-state index in [-0.39, 0.29) is 5.91 Å². The van der Waals surface area contributed by atoms with Gasteiger partial charge in [0.15, 0.2) is 0 Å². The van der Waals surface area contributed by atoms with Gasteiger partial charge in [-0.25, -0.2) is 5.84 Å². The van der Waals surface area contributed by atoms with Crippen LogP contribution in [0.15, 0.2) is 30.5 Å². The number of rotatable bonds is 5. The molecule has 0 saturated carbocycles. The lowest BCUT2D eigenvalue weighted by molar-refractivity contribution is 0.0953. The van der Waals surface area contributed by atoms with Gasteiger partial charge in [-0.15, -0.1) is 0 Å². The van der Waals surface area contributed by atoms with Crippen molar-refractivity contribution in [2.45, 2.75) is 13.5 Å². The number of hydrazine groups is 1. The van der Waals surface area contributed by atoms with Gasteiger partial charge in [-0.1, -0.05) is 12.2 Å². The second-order valence-corrected chi connectivity index (χ2v) is 3.10. The van der Waals surface area contributed by atoms with Crippen molar-refractivity contribution in [1.29, 1.82) is 0 Å². The molecule has 0 atom stereocenters. The molecule has 3 N–H and O–H groups in total. The predicted octanol–water partition coefficient (Wildman–Crippen LogP) is 0.778. The maximum Gasteiger partial charge on any atom is 0.266 e. The number of aromatic nitrogens is 1. The standard InChI is InChI=1S/C11H15N3O2/c1-2-3-6-16-8-10-5-4-9(7-13-10)11(15)14-12/h2-5,7H,6,8,12H2,1H3,(H,14,15). The monoisotopic (exact) mass is 221 g/mol. The van der Waals surface area contributed by atoms with E-state index in [1.54, 1.807) is 12.1 Å². The van der Waals surface area contributed by atoms with Gasteiger partial charge in [0, 0.05) is 6.20 Å². The van der Waals surface area contributed by atoms with Crippen molar-refractivity contribution in [3.05, 3.63) is 41.7 Å². The van der Waals surface area contributed by atoms with E-state index in [0.29, 0.717) is 18.8 Å². The van der Waals surface area contributed by atoms with Gasteiger partial charge in [0.2, 0.25) is 0 Å². The minimum Gasteiger partial charge on any atom is -0.371 e. The lowest BCUT2D eigenvalue weighted by Gasteiger charge is -2.02. The number of allylic oxidation sites excluding steroid dienone is 1. The van der Waals surface area contributed by atoms with Crippen molar-refractivity contribution in [1.82, 2.24) is 10.4 Å². The molecule has 5 heteroatoms. The van der Waals surface area contributed by atoms with Crippen LogP contribution in [0.4, 0.5) is 0 Å². The van der Waals surface area contributed by atoms with Crippen LogP contribution in [-0.2, 0) is 11.3 Å². The van der Waals surface area contributed by atoms with E-state index in [1.807, 2.05) is 24.5 Å². The molecule has 0 unspecified atom stereocenters. The first-order valence-electron chi connectivity index (χ1n) is 4.92. The van der Waals surface area contributed by atoms with Crippen LogP contribution in [0.2, 0.25) is 0 Å². The first-order valence-corrected chi connectivity index (χ1v) is 4.92. The van der Waals surface area contributed by atoms with E-state index in [9.17, 15) is 4.79 Å². The minimum absolute atomic E-state index is 0.353. The smallest absolute Gasteiger partial charge is 0.266 e. The number of amides is 1. The highest BCUT2D eigenvalue weighted by atomic mass is 16.5. The summed E-state index contributed by atoms with van der Waals surface area (Å²) >= 11 is 0. The molecule has 0 aliphatic heterocycles. The Labute approximate surface area is 94.3 Å². The highest BCUT2D eigenvalue weighted by Gasteiger charge is 2.03. The molecule has 0 bridgehead atoms. The van der Waals surface area contributed by atoms with Crippen LogP contribution < -0.4 is 11.3 Å². The summed E-state index contributed by atoms with van der Waals surface area (Å²) in [5.41, 5.74) is 3.25. The molecule has 1 amide bonds. The average molecular weight is 221 g/mol. The molecule has 0 aliphatic carbocycles. The summed E-state index contributed by atoms with van der Waals surface area (Å²) in [4.78, 5) is 15.2. The Hall–Kier alpha value is -1.72. The summed E-state index contributed by atoms with van der Waals surface area (Å²) in [5, 5.41) is 0. The van der Waals surface area contributed by atoms with Gasteiger partial charge in [0.25, 0.3) is 5.91 Å². The molecule has 1 aromatic rings. The Morgan fingerprint density at radius 2 is 2.44 bits per heavy atom. The summed E-state index contributed by atoms with van der Waals surface area (Å²) in [7, 11) is 0. The molecule has 0 fully saturated rings. The number of carbonyl (C=O) groups is 1. The maximum absolute atomic E-state index is 11.1. The number of ether oxygens (including phenoxy) is 1. The van der Waals surface area contributed by atoms with Crippen LogP contribution in [0, 0.1) is 0 Å². The van der Waals surface area contributed by atoms with Gasteiger partial charge >= 0.3 is 0 Å². The molecule has 0 aliphatic rings. The first kappa shape index (κ1) is 12.4. The summed E-state index contributed by atoms with van der Waals surface area (Å²) in [6, 6.07) is 3.39. The highest BCUT2D eigenvalue weighted by Crippen LogP contribution is 2.01. The van der Waals surface area contributed by atoms with Crippen molar-refractivity contribution >= 4 is 5.91 Å². The average Bonchev–Trinajstić information content (AvgIpc) is 2.34. The molecule has 0 aromatic carbocycles. The third kappa shape index (κ3) is 3.80. The number of pyridine rings is 1. The molecule has 1 aromatic heterocycles. The van der Waals surface area contributed by atoms with E-state index < -0.39 is 0 Å². The van der Waals surface area contributed by atoms with Crippen LogP contribution in [-0.4, -0.2) is 17.5 Å². The number of nitrogen functional groups attached to an aromatic ring is 1. The fraction of sp³-hybridized carbons (Fsp3) is 0.273. The van der Waals surface area contributed by atoms with Gasteiger partial charge in [-0.2, -0.15) is 0 Å². The molecule has 1 rings (SSSR count). The number of carbonyl (C=O) groups excluding carboxylic acids is 1. The summed E-state index contributed by atoms with van der Waals surface area (Å²) in [6.45, 7) is 2.92. The van der Waals surface area contributed by atoms with Crippen molar-refractivity contribution in [3.8, 4) is 0 Å². The van der Waals surface area contributed by atoms with Crippen LogP contribution in [0.5, 0.6) is 0 Å². The van der Waals surface area contributed by atoms with Gasteiger partial charge in [0.1, 0.15) is 0 Å². The molecule has 1 heterocycles. The second-order valence-electron chi connectivity index (χ2n) is 3.10. The summed E-state index contributed by atoms with van der Waals surface area (Å²) < 4.78 is 5.31. The fourth-order valence-corrected chi connectivity index (χ4v) is 1.06. The fourth-order valence-electron chi connectivity index (χ4n) is 1.06. The molecule has 5 nitrogen and oxygen atoms in total. The van der Waals surface area contributed by atoms with E-state index in [0.717, 1.165) is 5.69 Å². The Bertz CT molecular complexity index is 360. The molecule has 0 saturated heterocycles. The topological polar surface area (TPSA) is 77.2 Å². The zero-order valence-corrected chi connectivity index (χ0v) is 9.14. The summed E-state index contributed by atoms with van der Waals surface area (Å²) in [5.74, 6) is 4.64. The molecular formula is C11H15N3O2. The minimum atomic E-state index is -0.353. The molecule has 86 valence electrons. The van der Waals surface area contributed by atoms with Crippen molar-refractivity contribution in [2.24, 2.45) is 5.84 Å². The zero-order chi connectivity index (χ0) is 11.8. The Morgan fingerprint density at radius 1 is 1.62 bits per heavy atom. The summed E-state index contributed by atoms with van der Waals surface area (Å²) in [6.07, 6.45) is 5.30. The lowest BCUT2D eigenvalue weighted by Crippen LogP contribution is -2.30. The first-order chi connectivity index (χ1) is 7.77. The number of nitrogens with two attached hydrogens (primary N) is 1. The SMILES string of the molecule is CC=CCOCc1ccc(C(=O)NN)cn1. The van der Waals surface area contributed by atoms with E-state index >= 15 is 0 Å². The highest BCUT2D eigenvalue weighted by molar-refractivity contribution is 5.93. The van der Waals surface area contributed by atoms with Crippen LogP contribution >= 0.6 is 0 Å². The number of nitrogens with zero attached hydrogens (tertiary/aromatic N) is 1. The van der Waals surface area contributed by atoms with E-state index in [2.05, 4.69) is 4.98 Å². The number of hydrogen-bond acceptors (Lipinski definition) is 4. The van der Waals surface area contributed by atoms with Gasteiger partial charge in [0.05, 0.1) is 24.5 Å². The molecular weight excluding hydrogens is 206 g/mol. The largest absolute Gasteiger partial charge is 0.371 e. The van der Waals surface area contributed by atoms with Gasteiger partial charge in [-0.05, 0) is 19.1 Å². The quantitative estimate of drug-likeness (QED) is 0.253. The van der Waals surface area contributed by atoms with E-state index in [4.69, 9.17) is 10.6 Å². The van der Waals surface area contributed by atoms with Gasteiger partial charge < -0.3 is 4.74 Å². The van der Waals surface area contributed by atoms with Crippen LogP contribution in [0.3, 0.4) is 0 Å². The second kappa shape index (κ2) is 6.71. The zero-order valence-electron chi connectivity index (χ0n) is 9.14. The Kier molecular flexibility index (Phi) is 5.18. The van der Waals surface area contributed by atoms with Crippen LogP contribution in [0.1, 0.15) is 23.0 Å². The van der Waals surface area contributed by atoms with Crippen molar-refractivity contribution in [3.63, 3.8) is 0 Å². The van der Waals surface area contributed by atoms with Crippen LogP contribution in [0.25, 0.3) is 0 Å². The van der Waals surface area contributed by atoms with Crippen molar-refractivity contribution < 1.29 is 9.53 Å². The number of hydrogen-bond donors (Lipinski definition) is 2. The Balaban J connectivity index is 2.48. The van der Waals surface area contributed by atoms with Gasteiger partial charge in [-0.3, -0.25) is 15.2 Å². The third-order valence-corrected chi connectivity index (χ3v) is 1.92. The normalized spacial score (nSPS) is 10.6. The lowest BCUT2D eigenvalue weighted by atomic mass is 10.2. The predicted molar refractivity (Wildman–Crippen MR) is 60.4 cm³/mol. The molecule has 0 radical (unpaired) electrons. The van der Waals surface area contributed by atoms with Crippen molar-refractivity contribution in [2.75, 3.05) is 6.61 Å². The maximum atomic E-state index is 11.1. The number of nitrogens with one attached hydrogen (secondary N) is 1. The molecule has 16 heavy (non-hydrogen) atoms. The van der Waals surface area contributed by atoms with E-state index in [1.165, 1.54) is 6.20 Å². The molecule has 0 spiro atoms.